The van der Waals surface area contributed by atoms with E-state index in [9.17, 15) is 20.1 Å². The van der Waals surface area contributed by atoms with Gasteiger partial charge < -0.3 is 0 Å². The summed E-state index contributed by atoms with van der Waals surface area (Å²) >= 11 is 0. The van der Waals surface area contributed by atoms with Gasteiger partial charge in [0.1, 0.15) is 18.1 Å². The molecule has 0 bridgehead atoms. The molecule has 130 valence electrons. The first-order chi connectivity index (χ1) is 12.3. The van der Waals surface area contributed by atoms with E-state index < -0.39 is 34.9 Å². The van der Waals surface area contributed by atoms with Gasteiger partial charge in [0.25, 0.3) is 0 Å². The van der Waals surface area contributed by atoms with Crippen LogP contribution in [0.15, 0.2) is 29.4 Å². The monoisotopic (exact) mass is 347 g/mol. The van der Waals surface area contributed by atoms with Crippen molar-refractivity contribution in [3.8, 4) is 12.1 Å². The minimum atomic E-state index is -1.80. The lowest BCUT2D eigenvalue weighted by atomic mass is 9.80. The standard InChI is InChI=1S/C19H17N5O2/c1-18(2,3)23-16(25)13-14(17(23)26)19(9-20,10-21)24-15(13)12-7-5-4-6-11(12)8-22-24/h4-8,13-15H,1-3H3/t13-,14-,15-/m1/s1. The maximum Gasteiger partial charge on any atom is 0.242 e. The summed E-state index contributed by atoms with van der Waals surface area (Å²) in [6.45, 7) is 5.32. The van der Waals surface area contributed by atoms with E-state index in [1.54, 1.807) is 27.0 Å². The molecule has 26 heavy (non-hydrogen) atoms. The van der Waals surface area contributed by atoms with Gasteiger partial charge in [0.2, 0.25) is 17.4 Å². The van der Waals surface area contributed by atoms with E-state index in [4.69, 9.17) is 0 Å². The Hall–Kier alpha value is -3.19. The average Bonchev–Trinajstić information content (AvgIpc) is 3.05. The third kappa shape index (κ3) is 1.72. The molecule has 2 amide bonds. The molecule has 0 aliphatic carbocycles. The lowest BCUT2D eigenvalue weighted by Crippen LogP contribution is -2.52. The van der Waals surface area contributed by atoms with Crippen LogP contribution in [0.25, 0.3) is 0 Å². The van der Waals surface area contributed by atoms with Crippen LogP contribution in [0.1, 0.15) is 37.9 Å². The Morgan fingerprint density at radius 1 is 1.12 bits per heavy atom. The zero-order chi connectivity index (χ0) is 18.9. The number of hydrogen-bond acceptors (Lipinski definition) is 6. The van der Waals surface area contributed by atoms with Crippen LogP contribution >= 0.6 is 0 Å². The van der Waals surface area contributed by atoms with Crippen molar-refractivity contribution in [2.75, 3.05) is 0 Å². The van der Waals surface area contributed by atoms with Gasteiger partial charge in [-0.3, -0.25) is 19.5 Å². The summed E-state index contributed by atoms with van der Waals surface area (Å²) in [5.74, 6) is -2.68. The molecule has 0 spiro atoms. The van der Waals surface area contributed by atoms with E-state index in [0.29, 0.717) is 0 Å². The number of rotatable bonds is 0. The molecular formula is C19H17N5O2. The summed E-state index contributed by atoms with van der Waals surface area (Å²) < 4.78 is 0. The molecule has 0 radical (unpaired) electrons. The fourth-order valence-electron chi connectivity index (χ4n) is 4.40. The Balaban J connectivity index is 1.97. The number of imide groups is 1. The van der Waals surface area contributed by atoms with Crippen LogP contribution in [0.2, 0.25) is 0 Å². The lowest BCUT2D eigenvalue weighted by Gasteiger charge is -2.37. The molecule has 7 nitrogen and oxygen atoms in total. The number of amides is 2. The number of fused-ring (bicyclic) bond motifs is 5. The SMILES string of the molecule is CC(C)(C)N1C(=O)[C@H]2[C@H]3c4ccccc4C=NN3C(C#N)(C#N)[C@H]2C1=O. The predicted octanol–water partition coefficient (Wildman–Crippen LogP) is 1.58. The molecule has 2 fully saturated rings. The summed E-state index contributed by atoms with van der Waals surface area (Å²) in [4.78, 5) is 27.6. The fraction of sp³-hybridized carbons (Fsp3) is 0.421. The molecule has 3 heterocycles. The van der Waals surface area contributed by atoms with Crippen LogP contribution in [-0.4, -0.2) is 39.0 Å². The van der Waals surface area contributed by atoms with Gasteiger partial charge in [0.15, 0.2) is 0 Å². The molecule has 0 saturated carbocycles. The molecule has 0 N–H and O–H groups in total. The first-order valence-electron chi connectivity index (χ1n) is 8.40. The van der Waals surface area contributed by atoms with Crippen molar-refractivity contribution in [2.45, 2.75) is 37.9 Å². The predicted molar refractivity (Wildman–Crippen MR) is 91.2 cm³/mol. The molecule has 4 rings (SSSR count). The summed E-state index contributed by atoms with van der Waals surface area (Å²) in [6.07, 6.45) is 1.58. The molecule has 1 aromatic rings. The number of nitriles is 2. The van der Waals surface area contributed by atoms with Crippen LogP contribution in [0.3, 0.4) is 0 Å². The van der Waals surface area contributed by atoms with Crippen LogP contribution < -0.4 is 0 Å². The molecule has 3 aliphatic heterocycles. The molecule has 3 aliphatic rings. The highest BCUT2D eigenvalue weighted by atomic mass is 16.2. The summed E-state index contributed by atoms with van der Waals surface area (Å²) in [6, 6.07) is 10.8. The number of nitrogens with zero attached hydrogens (tertiary/aromatic N) is 5. The van der Waals surface area contributed by atoms with Gasteiger partial charge in [0, 0.05) is 5.54 Å². The van der Waals surface area contributed by atoms with Crippen LogP contribution in [-0.2, 0) is 9.59 Å². The van der Waals surface area contributed by atoms with Crippen molar-refractivity contribution in [1.29, 1.82) is 10.5 Å². The van der Waals surface area contributed by atoms with E-state index in [1.807, 2.05) is 36.4 Å². The largest absolute Gasteiger partial charge is 0.276 e. The Bertz CT molecular complexity index is 932. The van der Waals surface area contributed by atoms with Gasteiger partial charge in [-0.25, -0.2) is 0 Å². The summed E-state index contributed by atoms with van der Waals surface area (Å²) in [7, 11) is 0. The highest BCUT2D eigenvalue weighted by Crippen LogP contribution is 2.56. The average molecular weight is 347 g/mol. The van der Waals surface area contributed by atoms with Crippen molar-refractivity contribution in [3.63, 3.8) is 0 Å². The topological polar surface area (TPSA) is 101 Å². The highest BCUT2D eigenvalue weighted by Gasteiger charge is 2.72. The van der Waals surface area contributed by atoms with Gasteiger partial charge in [-0.2, -0.15) is 15.6 Å². The Morgan fingerprint density at radius 3 is 2.38 bits per heavy atom. The molecule has 3 atom stereocenters. The van der Waals surface area contributed by atoms with Gasteiger partial charge in [-0.15, -0.1) is 0 Å². The lowest BCUT2D eigenvalue weighted by molar-refractivity contribution is -0.147. The zero-order valence-corrected chi connectivity index (χ0v) is 14.7. The van der Waals surface area contributed by atoms with Crippen molar-refractivity contribution >= 4 is 18.0 Å². The normalized spacial score (nSPS) is 28.3. The van der Waals surface area contributed by atoms with Crippen LogP contribution in [0, 0.1) is 34.5 Å². The first kappa shape index (κ1) is 16.3. The molecule has 7 heteroatoms. The van der Waals surface area contributed by atoms with E-state index >= 15 is 0 Å². The first-order valence-corrected chi connectivity index (χ1v) is 8.40. The fourth-order valence-corrected chi connectivity index (χ4v) is 4.40. The van der Waals surface area contributed by atoms with Gasteiger partial charge in [-0.1, -0.05) is 24.3 Å². The molecule has 0 unspecified atom stereocenters. The van der Waals surface area contributed by atoms with E-state index in [2.05, 4.69) is 5.10 Å². The highest BCUT2D eigenvalue weighted by molar-refractivity contribution is 6.08. The number of benzene rings is 1. The third-order valence-electron chi connectivity index (χ3n) is 5.41. The van der Waals surface area contributed by atoms with Gasteiger partial charge >= 0.3 is 0 Å². The van der Waals surface area contributed by atoms with Gasteiger partial charge in [0.05, 0.1) is 18.2 Å². The van der Waals surface area contributed by atoms with E-state index in [-0.39, 0.29) is 5.91 Å². The summed E-state index contributed by atoms with van der Waals surface area (Å²) in [5, 5.41) is 25.4. The Labute approximate surface area is 151 Å². The number of carbonyl (C=O) groups is 2. The zero-order valence-electron chi connectivity index (χ0n) is 14.7. The molecule has 2 saturated heterocycles. The van der Waals surface area contributed by atoms with Gasteiger partial charge in [-0.05, 0) is 31.9 Å². The molecular weight excluding hydrogens is 330 g/mol. The van der Waals surface area contributed by atoms with Crippen molar-refractivity contribution in [3.05, 3.63) is 35.4 Å². The minimum absolute atomic E-state index is 0.346. The Kier molecular flexibility index (Phi) is 3.08. The third-order valence-corrected chi connectivity index (χ3v) is 5.41. The minimum Gasteiger partial charge on any atom is -0.276 e. The van der Waals surface area contributed by atoms with Crippen molar-refractivity contribution in [1.82, 2.24) is 9.91 Å². The maximum absolute atomic E-state index is 13.2. The molecule has 0 aromatic heterocycles. The summed E-state index contributed by atoms with van der Waals surface area (Å²) in [5.41, 5.74) is -0.890. The Morgan fingerprint density at radius 2 is 1.77 bits per heavy atom. The second-order valence-corrected chi connectivity index (χ2v) is 7.84. The van der Waals surface area contributed by atoms with Crippen molar-refractivity contribution < 1.29 is 9.59 Å². The maximum atomic E-state index is 13.2. The second-order valence-electron chi connectivity index (χ2n) is 7.84. The molecule has 1 aromatic carbocycles. The van der Waals surface area contributed by atoms with Crippen LogP contribution in [0.4, 0.5) is 0 Å². The smallest absolute Gasteiger partial charge is 0.242 e. The number of hydrogen-bond donors (Lipinski definition) is 0. The second kappa shape index (κ2) is 4.92. The van der Waals surface area contributed by atoms with E-state index in [0.717, 1.165) is 11.1 Å². The van der Waals surface area contributed by atoms with E-state index in [1.165, 1.54) is 9.91 Å². The quantitative estimate of drug-likeness (QED) is 0.663. The van der Waals surface area contributed by atoms with Crippen LogP contribution in [0.5, 0.6) is 0 Å². The number of likely N-dealkylation sites (tertiary alicyclic amines) is 1. The number of hydrazone groups is 1. The number of carbonyl (C=O) groups excluding carboxylic acids is 2. The van der Waals surface area contributed by atoms with Crippen molar-refractivity contribution in [2.24, 2.45) is 16.9 Å².